The number of nitrogens with zero attached hydrogens (tertiary/aromatic N) is 1. The highest BCUT2D eigenvalue weighted by molar-refractivity contribution is 4.77. The minimum absolute atomic E-state index is 0.190. The van der Waals surface area contributed by atoms with E-state index >= 15 is 0 Å². The molecule has 1 heterocycles. The summed E-state index contributed by atoms with van der Waals surface area (Å²) in [5.74, 6) is 1.57. The quantitative estimate of drug-likeness (QED) is 0.608. The van der Waals surface area contributed by atoms with E-state index in [0.717, 1.165) is 24.9 Å². The zero-order chi connectivity index (χ0) is 8.27. The lowest BCUT2D eigenvalue weighted by Crippen LogP contribution is -2.24. The summed E-state index contributed by atoms with van der Waals surface area (Å²) in [5.41, 5.74) is 0. The molecule has 0 amide bonds. The first-order chi connectivity index (χ1) is 5.24. The van der Waals surface area contributed by atoms with E-state index in [2.05, 4.69) is 18.7 Å². The first kappa shape index (κ1) is 8.98. The average Bonchev–Trinajstić information content (AvgIpc) is 2.37. The molecule has 2 heteroatoms. The molecule has 1 aliphatic heterocycles. The van der Waals surface area contributed by atoms with Crippen LogP contribution in [0.15, 0.2) is 0 Å². The molecule has 0 aromatic carbocycles. The molecule has 1 rings (SSSR count). The minimum Gasteiger partial charge on any atom is -0.300 e. The number of hydrogen-bond acceptors (Lipinski definition) is 1. The Morgan fingerprint density at radius 3 is 2.73 bits per heavy atom. The second kappa shape index (κ2) is 4.05. The Labute approximate surface area is 68.6 Å². The van der Waals surface area contributed by atoms with E-state index in [1.165, 1.54) is 6.42 Å². The smallest absolute Gasteiger partial charge is 0.102 e. The molecule has 0 radical (unpaired) electrons. The van der Waals surface area contributed by atoms with E-state index in [-0.39, 0.29) is 6.67 Å². The van der Waals surface area contributed by atoms with Gasteiger partial charge in [0.25, 0.3) is 0 Å². The molecular weight excluding hydrogens is 141 g/mol. The number of alkyl halides is 1. The van der Waals surface area contributed by atoms with Crippen molar-refractivity contribution < 1.29 is 4.39 Å². The summed E-state index contributed by atoms with van der Waals surface area (Å²) < 4.78 is 11.9. The van der Waals surface area contributed by atoms with Crippen LogP contribution in [-0.2, 0) is 0 Å². The Hall–Kier alpha value is -0.110. The zero-order valence-corrected chi connectivity index (χ0v) is 7.52. The van der Waals surface area contributed by atoms with Crippen molar-refractivity contribution in [3.05, 3.63) is 0 Å². The highest BCUT2D eigenvalue weighted by atomic mass is 19.1. The van der Waals surface area contributed by atoms with Crippen molar-refractivity contribution >= 4 is 0 Å². The molecule has 0 aliphatic carbocycles. The molecule has 0 aromatic heterocycles. The summed E-state index contributed by atoms with van der Waals surface area (Å²) in [6.07, 6.45) is 1.26. The molecule has 1 atom stereocenters. The van der Waals surface area contributed by atoms with Gasteiger partial charge in [-0.2, -0.15) is 0 Å². The molecule has 11 heavy (non-hydrogen) atoms. The van der Waals surface area contributed by atoms with Crippen LogP contribution in [0.4, 0.5) is 4.39 Å². The maximum atomic E-state index is 11.9. The summed E-state index contributed by atoms with van der Waals surface area (Å²) in [6, 6.07) is 0. The van der Waals surface area contributed by atoms with Gasteiger partial charge in [0.05, 0.1) is 0 Å². The van der Waals surface area contributed by atoms with Crippen molar-refractivity contribution in [2.24, 2.45) is 11.8 Å². The molecule has 66 valence electrons. The monoisotopic (exact) mass is 159 g/mol. The second-order valence-corrected chi connectivity index (χ2v) is 3.78. The lowest BCUT2D eigenvalue weighted by Gasteiger charge is -2.15. The summed E-state index contributed by atoms with van der Waals surface area (Å²) in [4.78, 5) is 2.23. The lowest BCUT2D eigenvalue weighted by molar-refractivity contribution is 0.275. The van der Waals surface area contributed by atoms with Crippen LogP contribution in [0, 0.1) is 11.8 Å². The van der Waals surface area contributed by atoms with Crippen LogP contribution in [-0.4, -0.2) is 31.2 Å². The van der Waals surface area contributed by atoms with E-state index < -0.39 is 0 Å². The SMILES string of the molecule is CC(C)C1CCN(CCF)C1. The van der Waals surface area contributed by atoms with E-state index in [4.69, 9.17) is 0 Å². The first-order valence-corrected chi connectivity index (χ1v) is 4.52. The summed E-state index contributed by atoms with van der Waals surface area (Å²) >= 11 is 0. The van der Waals surface area contributed by atoms with Crippen molar-refractivity contribution in [3.63, 3.8) is 0 Å². The Kier molecular flexibility index (Phi) is 3.31. The molecule has 1 aliphatic rings. The van der Waals surface area contributed by atoms with Crippen LogP contribution in [0.3, 0.4) is 0 Å². The maximum Gasteiger partial charge on any atom is 0.102 e. The number of hydrogen-bond donors (Lipinski definition) is 0. The van der Waals surface area contributed by atoms with Gasteiger partial charge in [-0.25, -0.2) is 4.39 Å². The molecule has 0 bridgehead atoms. The second-order valence-electron chi connectivity index (χ2n) is 3.78. The van der Waals surface area contributed by atoms with Crippen molar-refractivity contribution in [2.45, 2.75) is 20.3 Å². The van der Waals surface area contributed by atoms with E-state index in [0.29, 0.717) is 6.54 Å². The largest absolute Gasteiger partial charge is 0.300 e. The fourth-order valence-corrected chi connectivity index (χ4v) is 1.73. The molecule has 0 spiro atoms. The first-order valence-electron chi connectivity index (χ1n) is 4.52. The number of rotatable bonds is 3. The van der Waals surface area contributed by atoms with Gasteiger partial charge in [0.1, 0.15) is 6.67 Å². The van der Waals surface area contributed by atoms with Gasteiger partial charge in [0.2, 0.25) is 0 Å². The van der Waals surface area contributed by atoms with Gasteiger partial charge in [0.15, 0.2) is 0 Å². The average molecular weight is 159 g/mol. The molecule has 0 aromatic rings. The van der Waals surface area contributed by atoms with Gasteiger partial charge in [-0.05, 0) is 24.8 Å². The van der Waals surface area contributed by atoms with Crippen molar-refractivity contribution in [1.82, 2.24) is 4.90 Å². The van der Waals surface area contributed by atoms with Crippen LogP contribution in [0.1, 0.15) is 20.3 Å². The summed E-state index contributed by atoms with van der Waals surface area (Å²) in [5, 5.41) is 0. The Bertz CT molecular complexity index is 114. The third-order valence-corrected chi connectivity index (χ3v) is 2.65. The normalized spacial score (nSPS) is 26.7. The van der Waals surface area contributed by atoms with Gasteiger partial charge in [-0.15, -0.1) is 0 Å². The van der Waals surface area contributed by atoms with E-state index in [1.54, 1.807) is 0 Å². The van der Waals surface area contributed by atoms with Crippen LogP contribution < -0.4 is 0 Å². The topological polar surface area (TPSA) is 3.24 Å². The lowest BCUT2D eigenvalue weighted by atomic mass is 9.95. The van der Waals surface area contributed by atoms with Crippen LogP contribution in [0.2, 0.25) is 0 Å². The molecular formula is C9H18FN. The van der Waals surface area contributed by atoms with E-state index in [9.17, 15) is 4.39 Å². The highest BCUT2D eigenvalue weighted by Gasteiger charge is 2.23. The highest BCUT2D eigenvalue weighted by Crippen LogP contribution is 2.22. The molecule has 1 fully saturated rings. The Morgan fingerprint density at radius 1 is 1.55 bits per heavy atom. The fourth-order valence-electron chi connectivity index (χ4n) is 1.73. The number of halogens is 1. The van der Waals surface area contributed by atoms with Gasteiger partial charge in [-0.3, -0.25) is 0 Å². The fraction of sp³-hybridized carbons (Fsp3) is 1.00. The maximum absolute atomic E-state index is 11.9. The van der Waals surface area contributed by atoms with Crippen LogP contribution >= 0.6 is 0 Å². The van der Waals surface area contributed by atoms with Crippen molar-refractivity contribution in [2.75, 3.05) is 26.3 Å². The van der Waals surface area contributed by atoms with E-state index in [1.807, 2.05) is 0 Å². The van der Waals surface area contributed by atoms with Gasteiger partial charge in [0, 0.05) is 13.1 Å². The standard InChI is InChI=1S/C9H18FN/c1-8(2)9-3-5-11(7-9)6-4-10/h8-9H,3-7H2,1-2H3. The van der Waals surface area contributed by atoms with Crippen LogP contribution in [0.25, 0.3) is 0 Å². The Balaban J connectivity index is 2.23. The van der Waals surface area contributed by atoms with Gasteiger partial charge in [-0.1, -0.05) is 13.8 Å². The van der Waals surface area contributed by atoms with Crippen LogP contribution in [0.5, 0.6) is 0 Å². The predicted molar refractivity (Wildman–Crippen MR) is 45.4 cm³/mol. The third kappa shape index (κ3) is 2.44. The van der Waals surface area contributed by atoms with Gasteiger partial charge < -0.3 is 4.90 Å². The van der Waals surface area contributed by atoms with Crippen molar-refractivity contribution in [1.29, 1.82) is 0 Å². The zero-order valence-electron chi connectivity index (χ0n) is 7.52. The van der Waals surface area contributed by atoms with Gasteiger partial charge >= 0.3 is 0 Å². The molecule has 1 saturated heterocycles. The Morgan fingerprint density at radius 2 is 2.27 bits per heavy atom. The minimum atomic E-state index is -0.190. The molecule has 1 nitrogen and oxygen atoms in total. The van der Waals surface area contributed by atoms with Crippen molar-refractivity contribution in [3.8, 4) is 0 Å². The molecule has 1 unspecified atom stereocenters. The number of likely N-dealkylation sites (tertiary alicyclic amines) is 1. The summed E-state index contributed by atoms with van der Waals surface area (Å²) in [6.45, 7) is 7.18. The third-order valence-electron chi connectivity index (χ3n) is 2.65. The predicted octanol–water partition coefficient (Wildman–Crippen LogP) is 1.93. The molecule has 0 saturated carbocycles. The summed E-state index contributed by atoms with van der Waals surface area (Å²) in [7, 11) is 0. The molecule has 0 N–H and O–H groups in total.